The maximum atomic E-state index is 12.2. The van der Waals surface area contributed by atoms with Crippen molar-refractivity contribution < 1.29 is 23.5 Å². The van der Waals surface area contributed by atoms with Gasteiger partial charge in [-0.15, -0.1) is 9.42 Å². The molecule has 1 unspecified atom stereocenters. The van der Waals surface area contributed by atoms with Gasteiger partial charge in [0.05, 0.1) is 0 Å². The summed E-state index contributed by atoms with van der Waals surface area (Å²) in [6.07, 6.45) is 0. The van der Waals surface area contributed by atoms with E-state index >= 15 is 0 Å². The first-order valence-electron chi connectivity index (χ1n) is 7.24. The molecule has 0 heterocycles. The van der Waals surface area contributed by atoms with Crippen LogP contribution in [0.25, 0.3) is 0 Å². The summed E-state index contributed by atoms with van der Waals surface area (Å²) >= 11 is 0. The van der Waals surface area contributed by atoms with Crippen LogP contribution in [-0.2, 0) is 24.2 Å². The van der Waals surface area contributed by atoms with Crippen molar-refractivity contribution in [1.82, 2.24) is 0 Å². The van der Waals surface area contributed by atoms with Crippen LogP contribution in [0.4, 0.5) is 0 Å². The summed E-state index contributed by atoms with van der Waals surface area (Å²) in [5.74, 6) is -0.612. The normalized spacial score (nSPS) is 11.7. The van der Waals surface area contributed by atoms with Crippen LogP contribution in [-0.4, -0.2) is 17.5 Å². The summed E-state index contributed by atoms with van der Waals surface area (Å²) in [7, 11) is -2.85. The van der Waals surface area contributed by atoms with Gasteiger partial charge in [0.15, 0.2) is 12.2 Å². The molecule has 0 radical (unpaired) electrons. The molecule has 0 saturated heterocycles. The highest BCUT2D eigenvalue weighted by molar-refractivity contribution is 7.32. The average Bonchev–Trinajstić information content (AvgIpc) is 2.59. The second-order valence-corrected chi connectivity index (χ2v) is 5.97. The lowest BCUT2D eigenvalue weighted by molar-refractivity contribution is -0.154. The Hall–Kier alpha value is -2.33. The smallest absolute Gasteiger partial charge is 0.443 e. The van der Waals surface area contributed by atoms with Crippen molar-refractivity contribution >= 4 is 14.2 Å². The molecule has 0 aromatic heterocycles. The topological polar surface area (TPSA) is 72.8 Å². The van der Waals surface area contributed by atoms with Crippen molar-refractivity contribution in [2.45, 2.75) is 12.5 Å². The minimum atomic E-state index is -2.85. The molecule has 0 aliphatic carbocycles. The van der Waals surface area contributed by atoms with Crippen LogP contribution in [0.3, 0.4) is 0 Å². The van der Waals surface area contributed by atoms with Gasteiger partial charge in [0.1, 0.15) is 0 Å². The summed E-state index contributed by atoms with van der Waals surface area (Å²) in [5, 5.41) is 0. The third-order valence-corrected chi connectivity index (χ3v) is 3.82. The number of carbonyl (C=O) groups excluding carboxylic acids is 1. The zero-order valence-corrected chi connectivity index (χ0v) is 14.1. The molecule has 24 heavy (non-hydrogen) atoms. The molecule has 0 aliphatic rings. The molecule has 0 aliphatic heterocycles. The summed E-state index contributed by atoms with van der Waals surface area (Å²) in [5.41, 5.74) is 0.122. The Morgan fingerprint density at radius 2 is 1.54 bits per heavy atom. The maximum absolute atomic E-state index is 12.2. The zero-order chi connectivity index (χ0) is 17.6. The molecule has 2 aromatic carbocycles. The zero-order valence-electron chi connectivity index (χ0n) is 13.2. The molecule has 0 amide bonds. The van der Waals surface area contributed by atoms with Gasteiger partial charge in [-0.05, 0) is 6.92 Å². The van der Waals surface area contributed by atoms with E-state index in [0.717, 1.165) is 0 Å². The third-order valence-electron chi connectivity index (χ3n) is 3.47. The minimum Gasteiger partial charge on any atom is -0.443 e. The van der Waals surface area contributed by atoms with E-state index in [1.165, 1.54) is 6.92 Å². The Labute approximate surface area is 141 Å². The maximum Gasteiger partial charge on any atom is 0.694 e. The predicted octanol–water partition coefficient (Wildman–Crippen LogP) is 3.72. The second-order valence-electron chi connectivity index (χ2n) is 5.24. The van der Waals surface area contributed by atoms with E-state index in [1.54, 1.807) is 48.5 Å². The van der Waals surface area contributed by atoms with Crippen LogP contribution >= 0.6 is 8.25 Å². The van der Waals surface area contributed by atoms with Crippen LogP contribution in [0.1, 0.15) is 18.1 Å². The Balaban J connectivity index is 2.60. The van der Waals surface area contributed by atoms with E-state index in [0.29, 0.717) is 11.1 Å². The fourth-order valence-corrected chi connectivity index (χ4v) is 2.58. The summed E-state index contributed by atoms with van der Waals surface area (Å²) < 4.78 is 21.8. The number of carbonyl (C=O) groups is 1. The minimum absolute atomic E-state index is 0.222. The first-order chi connectivity index (χ1) is 11.5. The van der Waals surface area contributed by atoms with Crippen LogP contribution in [0.5, 0.6) is 0 Å². The Morgan fingerprint density at radius 3 is 1.92 bits per heavy atom. The van der Waals surface area contributed by atoms with Crippen LogP contribution in [0, 0.1) is 0 Å². The van der Waals surface area contributed by atoms with Crippen LogP contribution < -0.4 is 0 Å². The highest BCUT2D eigenvalue weighted by Crippen LogP contribution is 2.37. The number of esters is 1. The summed E-state index contributed by atoms with van der Waals surface area (Å²) in [4.78, 5) is 21.3. The van der Waals surface area contributed by atoms with Gasteiger partial charge >= 0.3 is 14.2 Å². The van der Waals surface area contributed by atoms with Crippen LogP contribution in [0.2, 0.25) is 0 Å². The first-order valence-corrected chi connectivity index (χ1v) is 8.37. The van der Waals surface area contributed by atoms with Crippen molar-refractivity contribution in [3.8, 4) is 0 Å². The van der Waals surface area contributed by atoms with Gasteiger partial charge in [-0.25, -0.2) is 4.79 Å². The van der Waals surface area contributed by atoms with Gasteiger partial charge in [-0.1, -0.05) is 67.2 Å². The molecule has 0 fully saturated rings. The van der Waals surface area contributed by atoms with E-state index in [9.17, 15) is 9.36 Å². The standard InChI is InChI=1S/C18H17O5P/c1-14(2)17(19)23-18(13-22-24(20)21,15-9-5-3-6-10-15)16-11-7-4-8-12-16/h3-12H,1,13H2,2H3/p+1. The molecule has 5 nitrogen and oxygen atoms in total. The number of hydrogen-bond donors (Lipinski definition) is 1. The van der Waals surface area contributed by atoms with Gasteiger partial charge in [-0.3, -0.25) is 0 Å². The first kappa shape index (κ1) is 18.0. The fourth-order valence-electron chi connectivity index (χ4n) is 2.29. The molecular weight excluding hydrogens is 327 g/mol. The molecule has 2 rings (SSSR count). The fraction of sp³-hybridized carbons (Fsp3) is 0.167. The van der Waals surface area contributed by atoms with E-state index < -0.39 is 19.8 Å². The molecule has 1 N–H and O–H groups in total. The Kier molecular flexibility index (Phi) is 5.99. The quantitative estimate of drug-likeness (QED) is 0.470. The van der Waals surface area contributed by atoms with Crippen LogP contribution in [0.15, 0.2) is 72.8 Å². The van der Waals surface area contributed by atoms with E-state index in [2.05, 4.69) is 6.58 Å². The Bertz CT molecular complexity index is 688. The van der Waals surface area contributed by atoms with Crippen molar-refractivity contribution in [3.63, 3.8) is 0 Å². The van der Waals surface area contributed by atoms with Gasteiger partial charge in [0.2, 0.25) is 0 Å². The van der Waals surface area contributed by atoms with Gasteiger partial charge < -0.3 is 4.74 Å². The van der Waals surface area contributed by atoms with E-state index in [1.807, 2.05) is 12.1 Å². The second kappa shape index (κ2) is 7.97. The van der Waals surface area contributed by atoms with Gasteiger partial charge in [-0.2, -0.15) is 0 Å². The summed E-state index contributed by atoms with van der Waals surface area (Å²) in [6, 6.07) is 17.9. The number of ether oxygens (including phenoxy) is 1. The lowest BCUT2D eigenvalue weighted by Crippen LogP contribution is -2.38. The van der Waals surface area contributed by atoms with E-state index in [4.69, 9.17) is 14.2 Å². The van der Waals surface area contributed by atoms with Crippen molar-refractivity contribution in [2.24, 2.45) is 0 Å². The lowest BCUT2D eigenvalue weighted by atomic mass is 9.86. The Morgan fingerprint density at radius 1 is 1.08 bits per heavy atom. The number of rotatable bonds is 7. The number of hydrogen-bond acceptors (Lipinski definition) is 4. The average molecular weight is 345 g/mol. The highest BCUT2D eigenvalue weighted by atomic mass is 31.1. The molecule has 6 heteroatoms. The molecule has 0 spiro atoms. The third kappa shape index (κ3) is 4.15. The molecule has 1 atom stereocenters. The molecule has 124 valence electrons. The summed E-state index contributed by atoms with van der Waals surface area (Å²) in [6.45, 7) is 4.84. The largest absolute Gasteiger partial charge is 0.694 e. The molecule has 0 saturated carbocycles. The number of benzene rings is 2. The van der Waals surface area contributed by atoms with Crippen molar-refractivity contribution in [3.05, 3.63) is 83.9 Å². The SMILES string of the molecule is C=C(C)C(=O)OC(CO[P+](=O)O)(c1ccccc1)c1ccccc1. The van der Waals surface area contributed by atoms with Crippen molar-refractivity contribution in [2.75, 3.05) is 6.61 Å². The predicted molar refractivity (Wildman–Crippen MR) is 90.3 cm³/mol. The lowest BCUT2D eigenvalue weighted by Gasteiger charge is -2.32. The molecular formula is C18H18O5P+. The van der Waals surface area contributed by atoms with Gasteiger partial charge in [0, 0.05) is 21.3 Å². The monoisotopic (exact) mass is 345 g/mol. The van der Waals surface area contributed by atoms with Crippen molar-refractivity contribution in [1.29, 1.82) is 0 Å². The van der Waals surface area contributed by atoms with E-state index in [-0.39, 0.29) is 12.2 Å². The van der Waals surface area contributed by atoms with Gasteiger partial charge in [0.25, 0.3) is 0 Å². The highest BCUT2D eigenvalue weighted by Gasteiger charge is 2.42. The molecule has 2 aromatic rings. The molecule has 0 bridgehead atoms.